The van der Waals surface area contributed by atoms with Crippen molar-refractivity contribution >= 4 is 108 Å². The lowest BCUT2D eigenvalue weighted by Gasteiger charge is -2.17. The van der Waals surface area contributed by atoms with Gasteiger partial charge >= 0.3 is 0 Å². The number of carbonyl (C=O) groups is 5. The summed E-state index contributed by atoms with van der Waals surface area (Å²) in [6, 6.07) is 29.5. The van der Waals surface area contributed by atoms with E-state index in [2.05, 4.69) is 103 Å². The summed E-state index contributed by atoms with van der Waals surface area (Å²) in [7, 11) is -12.7. The van der Waals surface area contributed by atoms with Gasteiger partial charge in [0.25, 0.3) is 29.5 Å². The monoisotopic (exact) mass is 2130 g/mol. The lowest BCUT2D eigenvalue weighted by atomic mass is 10.1. The SMILES string of the molecule is C#C[C@@H](O)[C@@H]1COc2c(cn(C)c2C(=O)Nc2ccc(C)c(C#N)c2)S(=O)(=O)N1.CC#CC(O)C1COc2c(cn(C)c2C(=O)Nc2ccc(C)c(C#N)c2)S(=O)(=O)N1.CC#C[C@@H](O)[C@@H]1COc2c(cn(C)c2C(=O)Nc2ccc(C)c(C#N)c2)S(=O)(=O)N1.CC#C[C@@H](O)[C@H]1COc2c(cn(C)c2C(=O)Nc2ccc(C)c(C#N)c2)S(=O)(=O)N1.CC#C[C@H](O)[C@@H]1COc2c(cn(C)c2C(=O)Nc2ccc(C)c(C#N)c2)S(=O)(=O)N1. The Hall–Kier alpha value is -16.6. The number of rotatable bonds is 15. The molecule has 45 nitrogen and oxygen atoms in total. The van der Waals surface area contributed by atoms with Gasteiger partial charge in [0.1, 0.15) is 88.0 Å². The summed E-state index contributed by atoms with van der Waals surface area (Å²) in [4.78, 5) is 63.4. The molecule has 0 spiro atoms. The first-order chi connectivity index (χ1) is 70.4. The highest BCUT2D eigenvalue weighted by Crippen LogP contribution is 2.40. The minimum Gasteiger partial charge on any atom is -0.488 e. The van der Waals surface area contributed by atoms with Gasteiger partial charge in [-0.3, -0.25) is 24.0 Å². The number of sulfonamides is 5. The average molecular weight is 2130 g/mol. The van der Waals surface area contributed by atoms with Crippen LogP contribution >= 0.6 is 0 Å². The van der Waals surface area contributed by atoms with Crippen LogP contribution in [0.15, 0.2) is 146 Å². The van der Waals surface area contributed by atoms with Crippen LogP contribution in [0.2, 0.25) is 0 Å². The fourth-order valence-electron chi connectivity index (χ4n) is 15.1. The molecule has 15 rings (SSSR count). The Bertz CT molecular complexity index is 7470. The average Bonchev–Trinajstić information content (AvgIpc) is 1.63. The zero-order valence-electron chi connectivity index (χ0n) is 81.8. The molecule has 50 heteroatoms. The zero-order chi connectivity index (χ0) is 110. The fraction of sp³-hybridized carbons (Fsp3) is 0.293. The van der Waals surface area contributed by atoms with E-state index >= 15 is 0 Å². The van der Waals surface area contributed by atoms with E-state index in [0.29, 0.717) is 56.3 Å². The Labute approximate surface area is 858 Å². The van der Waals surface area contributed by atoms with Crippen molar-refractivity contribution in [3.8, 4) is 119 Å². The highest BCUT2D eigenvalue weighted by Gasteiger charge is 2.44. The van der Waals surface area contributed by atoms with Crippen LogP contribution in [0.25, 0.3) is 0 Å². The highest BCUT2D eigenvalue weighted by atomic mass is 32.2. The summed E-state index contributed by atoms with van der Waals surface area (Å²) in [5.41, 5.74) is 7.75. The predicted molar refractivity (Wildman–Crippen MR) is 537 cm³/mol. The van der Waals surface area contributed by atoms with Gasteiger partial charge < -0.3 is 98.6 Å². The third-order valence-corrected chi connectivity index (χ3v) is 30.3. The maximum Gasteiger partial charge on any atom is 0.276 e. The predicted octanol–water partition coefficient (Wildman–Crippen LogP) is 4.01. The van der Waals surface area contributed by atoms with Crippen molar-refractivity contribution in [2.24, 2.45) is 35.2 Å². The van der Waals surface area contributed by atoms with Crippen LogP contribution in [0.4, 0.5) is 28.4 Å². The zero-order valence-corrected chi connectivity index (χ0v) is 85.9. The first kappa shape index (κ1) is 113. The second-order valence-corrected chi connectivity index (χ2v) is 42.0. The van der Waals surface area contributed by atoms with Crippen LogP contribution in [-0.4, -0.2) is 214 Å². The van der Waals surface area contributed by atoms with Gasteiger partial charge in [0, 0.05) is 94.7 Å². The molecule has 0 saturated heterocycles. The molecule has 149 heavy (non-hydrogen) atoms. The molecule has 0 bridgehead atoms. The maximum atomic E-state index is 12.9. The Morgan fingerprint density at radius 2 is 0.477 bits per heavy atom. The van der Waals surface area contributed by atoms with Gasteiger partial charge in [-0.1, -0.05) is 59.9 Å². The number of benzene rings is 5. The van der Waals surface area contributed by atoms with Crippen LogP contribution in [0.3, 0.4) is 0 Å². The molecule has 15 N–H and O–H groups in total. The van der Waals surface area contributed by atoms with Gasteiger partial charge in [-0.2, -0.15) is 26.3 Å². The highest BCUT2D eigenvalue weighted by molar-refractivity contribution is 7.90. The molecule has 10 heterocycles. The summed E-state index contributed by atoms with van der Waals surface area (Å²) >= 11 is 0. The number of amides is 5. The summed E-state index contributed by atoms with van der Waals surface area (Å²) in [5, 5.41) is 109. The van der Waals surface area contributed by atoms with Crippen molar-refractivity contribution in [3.05, 3.63) is 206 Å². The number of carbonyl (C=O) groups excluding carboxylic acids is 5. The van der Waals surface area contributed by atoms with Gasteiger partial charge in [-0.25, -0.2) is 65.7 Å². The maximum absolute atomic E-state index is 12.9. The molecule has 5 aliphatic rings. The number of nitrogens with zero attached hydrogens (tertiary/aromatic N) is 10. The van der Waals surface area contributed by atoms with Crippen molar-refractivity contribution in [1.82, 2.24) is 46.4 Å². The van der Waals surface area contributed by atoms with Crippen LogP contribution in [0.1, 0.15) is 136 Å². The molecule has 5 amide bonds. The number of anilines is 5. The summed E-state index contributed by atoms with van der Waals surface area (Å²) in [5.74, 6) is 18.5. The number of aliphatic hydroxyl groups is 5. The molecular formula is C99H98N20O25S5. The quantitative estimate of drug-likeness (QED) is 0.0645. The van der Waals surface area contributed by atoms with E-state index in [1.54, 1.807) is 95.3 Å². The van der Waals surface area contributed by atoms with Crippen molar-refractivity contribution < 1.29 is 115 Å². The Balaban J connectivity index is 0.000000177. The molecule has 0 radical (unpaired) electrons. The van der Waals surface area contributed by atoms with E-state index in [9.17, 15) is 91.6 Å². The molecule has 774 valence electrons. The smallest absolute Gasteiger partial charge is 0.276 e. The molecule has 5 aromatic heterocycles. The molecule has 5 aromatic carbocycles. The van der Waals surface area contributed by atoms with E-state index in [-0.39, 0.29) is 115 Å². The van der Waals surface area contributed by atoms with E-state index in [1.165, 1.54) is 147 Å². The van der Waals surface area contributed by atoms with Crippen LogP contribution in [-0.2, 0) is 85.4 Å². The molecule has 10 aromatic rings. The number of hydrogen-bond acceptors (Lipinski definition) is 30. The number of nitriles is 5. The number of aromatic nitrogens is 5. The topological polar surface area (TPSA) is 667 Å². The van der Waals surface area contributed by atoms with E-state index < -0.39 is 140 Å². The third-order valence-electron chi connectivity index (χ3n) is 22.9. The number of fused-ring (bicyclic) bond motifs is 5. The third kappa shape index (κ3) is 25.8. The van der Waals surface area contributed by atoms with Crippen LogP contribution in [0.5, 0.6) is 28.7 Å². The largest absolute Gasteiger partial charge is 0.488 e. The van der Waals surface area contributed by atoms with Gasteiger partial charge in [0.2, 0.25) is 50.1 Å². The Morgan fingerprint density at radius 3 is 0.624 bits per heavy atom. The number of nitrogens with one attached hydrogen (secondary N) is 10. The molecule has 5 aliphatic heterocycles. The lowest BCUT2D eigenvalue weighted by molar-refractivity contribution is 0.0999. The molecular weight excluding hydrogens is 2030 g/mol. The minimum absolute atomic E-state index is 0.00817. The second-order valence-electron chi connectivity index (χ2n) is 33.6. The second kappa shape index (κ2) is 47.3. The van der Waals surface area contributed by atoms with Gasteiger partial charge in [0.15, 0.2) is 57.2 Å². The Kier molecular flexibility index (Phi) is 35.8. The normalized spacial score (nSPS) is 18.0. The molecule has 0 saturated carbocycles. The summed E-state index contributed by atoms with van der Waals surface area (Å²) in [6.07, 6.45) is 5.01. The fourth-order valence-corrected chi connectivity index (χ4v) is 22.2. The Morgan fingerprint density at radius 1 is 0.315 bits per heavy atom. The van der Waals surface area contributed by atoms with Crippen LogP contribution in [0, 0.1) is 151 Å². The van der Waals surface area contributed by atoms with Gasteiger partial charge in [0.05, 0.1) is 88.4 Å². The van der Waals surface area contributed by atoms with Crippen molar-refractivity contribution in [2.45, 2.75) is 148 Å². The number of hydrogen-bond donors (Lipinski definition) is 15. The number of ether oxygens (including phenoxy) is 5. The summed E-state index contributed by atoms with van der Waals surface area (Å²) in [6.45, 7) is 13.9. The van der Waals surface area contributed by atoms with E-state index in [0.717, 1.165) is 27.8 Å². The van der Waals surface area contributed by atoms with E-state index in [4.69, 9.17) is 56.4 Å². The van der Waals surface area contributed by atoms with E-state index in [1.807, 2.05) is 30.3 Å². The first-order valence-electron chi connectivity index (χ1n) is 44.3. The standard InChI is InChI=1S/4C20H20N4O5S.C19H18N4O5S/c4*1-4-5-16(25)15-11-29-19-17(30(27,28)23-15)10-24(3)18(19)20(26)22-14-7-6-12(2)13(8-14)9-21;1-4-15(24)14-10-28-18-16(29(26,27)22-14)9-23(3)17(18)19(25)21-13-6-5-11(2)12(7-13)8-20/h4*6-8,10,15-16,23,25H,11H2,1-3H3,(H,22,26);1,5-7,9,14-15,22,24H,10H2,2-3H3,(H,21,25)/t15-,16+;2*15-,16-;;14-,15+/m010.0/s1. The number of aliphatic hydroxyl groups excluding tert-OH is 5. The first-order valence-corrected chi connectivity index (χ1v) is 51.7. The lowest BCUT2D eigenvalue weighted by Crippen LogP contribution is -2.45. The molecule has 2 unspecified atom stereocenters. The molecule has 10 atom stereocenters. The number of aryl methyl sites for hydroxylation is 10. The molecule has 0 fully saturated rings. The summed E-state index contributed by atoms with van der Waals surface area (Å²) < 4.78 is 174. The number of terminal acetylenes is 1. The van der Waals surface area contributed by atoms with Crippen LogP contribution < -0.4 is 73.9 Å². The van der Waals surface area contributed by atoms with Crippen molar-refractivity contribution in [1.29, 1.82) is 26.3 Å². The van der Waals surface area contributed by atoms with Crippen molar-refractivity contribution in [2.75, 3.05) is 59.6 Å². The minimum atomic E-state index is -4.08. The molecule has 0 aliphatic carbocycles. The van der Waals surface area contributed by atoms with Crippen molar-refractivity contribution in [3.63, 3.8) is 0 Å². The van der Waals surface area contributed by atoms with Gasteiger partial charge in [-0.05, 0) is 151 Å². The van der Waals surface area contributed by atoms with Gasteiger partial charge in [-0.15, -0.1) is 30.1 Å².